The molecule has 20 heavy (non-hydrogen) atoms. The Kier molecular flexibility index (Phi) is 4.83. The lowest BCUT2D eigenvalue weighted by molar-refractivity contribution is 0.103. The van der Waals surface area contributed by atoms with Gasteiger partial charge in [0.25, 0.3) is 0 Å². The predicted octanol–water partition coefficient (Wildman–Crippen LogP) is 3.81. The van der Waals surface area contributed by atoms with E-state index in [0.29, 0.717) is 0 Å². The van der Waals surface area contributed by atoms with Crippen molar-refractivity contribution in [3.05, 3.63) is 35.4 Å². The van der Waals surface area contributed by atoms with Crippen molar-refractivity contribution < 1.29 is 0 Å². The quantitative estimate of drug-likeness (QED) is 0.832. The molecule has 0 radical (unpaired) electrons. The summed E-state index contributed by atoms with van der Waals surface area (Å²) >= 11 is 0. The van der Waals surface area contributed by atoms with E-state index in [2.05, 4.69) is 56.0 Å². The molecule has 0 saturated carbocycles. The van der Waals surface area contributed by atoms with E-state index in [4.69, 9.17) is 0 Å². The molecule has 1 aromatic carbocycles. The molecule has 0 aromatic heterocycles. The van der Waals surface area contributed by atoms with Gasteiger partial charge in [-0.2, -0.15) is 5.26 Å². The van der Waals surface area contributed by atoms with Crippen molar-refractivity contribution in [2.75, 3.05) is 13.1 Å². The topological polar surface area (TPSA) is 27.0 Å². The predicted molar refractivity (Wildman–Crippen MR) is 83.5 cm³/mol. The van der Waals surface area contributed by atoms with Crippen LogP contribution in [-0.2, 0) is 12.8 Å². The van der Waals surface area contributed by atoms with Gasteiger partial charge in [-0.1, -0.05) is 38.1 Å². The van der Waals surface area contributed by atoms with Gasteiger partial charge in [-0.05, 0) is 56.3 Å². The standard InChI is InChI=1S/C18H26N2/c1-4-16-5-7-17(8-6-16)13-18(3,14-19)20-11-9-15(2)10-12-20/h5-8,15H,4,9-13H2,1-3H3. The van der Waals surface area contributed by atoms with E-state index in [0.717, 1.165) is 31.8 Å². The highest BCUT2D eigenvalue weighted by Gasteiger charge is 2.34. The van der Waals surface area contributed by atoms with Gasteiger partial charge in [0.15, 0.2) is 0 Å². The first-order chi connectivity index (χ1) is 9.57. The summed E-state index contributed by atoms with van der Waals surface area (Å²) in [6.07, 6.45) is 4.32. The fraction of sp³-hybridized carbons (Fsp3) is 0.611. The molecular formula is C18H26N2. The minimum absolute atomic E-state index is 0.367. The van der Waals surface area contributed by atoms with Crippen molar-refractivity contribution in [2.45, 2.75) is 52.0 Å². The Hall–Kier alpha value is -1.33. The molecule has 2 heteroatoms. The van der Waals surface area contributed by atoms with Gasteiger partial charge in [-0.25, -0.2) is 0 Å². The van der Waals surface area contributed by atoms with Crippen molar-refractivity contribution in [3.63, 3.8) is 0 Å². The maximum atomic E-state index is 9.67. The number of nitrogens with zero attached hydrogens (tertiary/aromatic N) is 2. The summed E-state index contributed by atoms with van der Waals surface area (Å²) in [5.74, 6) is 0.804. The van der Waals surface area contributed by atoms with Gasteiger partial charge in [-0.15, -0.1) is 0 Å². The van der Waals surface area contributed by atoms with Crippen LogP contribution >= 0.6 is 0 Å². The van der Waals surface area contributed by atoms with E-state index in [9.17, 15) is 5.26 Å². The van der Waals surface area contributed by atoms with Crippen LogP contribution in [-0.4, -0.2) is 23.5 Å². The Morgan fingerprint density at radius 3 is 2.25 bits per heavy atom. The van der Waals surface area contributed by atoms with Crippen LogP contribution in [0.5, 0.6) is 0 Å². The number of rotatable bonds is 4. The van der Waals surface area contributed by atoms with Crippen LogP contribution in [0.1, 0.15) is 44.7 Å². The second-order valence-corrected chi connectivity index (χ2v) is 6.40. The molecular weight excluding hydrogens is 244 g/mol. The fourth-order valence-electron chi connectivity index (χ4n) is 3.01. The number of likely N-dealkylation sites (tertiary alicyclic amines) is 1. The van der Waals surface area contributed by atoms with E-state index in [1.165, 1.54) is 24.0 Å². The minimum atomic E-state index is -0.367. The Labute approximate surface area is 123 Å². The lowest BCUT2D eigenvalue weighted by Crippen LogP contribution is -2.50. The zero-order valence-electron chi connectivity index (χ0n) is 13.0. The molecule has 1 heterocycles. The zero-order chi connectivity index (χ0) is 14.6. The van der Waals surface area contributed by atoms with E-state index >= 15 is 0 Å². The summed E-state index contributed by atoms with van der Waals surface area (Å²) in [7, 11) is 0. The average molecular weight is 270 g/mol. The maximum Gasteiger partial charge on any atom is 0.110 e. The Morgan fingerprint density at radius 1 is 1.20 bits per heavy atom. The van der Waals surface area contributed by atoms with Crippen LogP contribution in [0.2, 0.25) is 0 Å². The summed E-state index contributed by atoms with van der Waals surface area (Å²) < 4.78 is 0. The third-order valence-corrected chi connectivity index (χ3v) is 4.70. The number of hydrogen-bond donors (Lipinski definition) is 0. The van der Waals surface area contributed by atoms with Crippen molar-refractivity contribution in [1.29, 1.82) is 5.26 Å². The molecule has 0 amide bonds. The van der Waals surface area contributed by atoms with Gasteiger partial charge < -0.3 is 0 Å². The van der Waals surface area contributed by atoms with E-state index in [-0.39, 0.29) is 5.54 Å². The smallest absolute Gasteiger partial charge is 0.110 e. The van der Waals surface area contributed by atoms with Gasteiger partial charge in [-0.3, -0.25) is 4.90 Å². The molecule has 1 atom stereocenters. The van der Waals surface area contributed by atoms with Crippen molar-refractivity contribution in [1.82, 2.24) is 4.90 Å². The third kappa shape index (κ3) is 3.41. The molecule has 2 nitrogen and oxygen atoms in total. The summed E-state index contributed by atoms with van der Waals surface area (Å²) in [6.45, 7) is 8.68. The minimum Gasteiger partial charge on any atom is -0.285 e. The average Bonchev–Trinajstić information content (AvgIpc) is 2.48. The molecule has 1 saturated heterocycles. The third-order valence-electron chi connectivity index (χ3n) is 4.70. The highest BCUT2D eigenvalue weighted by atomic mass is 15.2. The monoisotopic (exact) mass is 270 g/mol. The van der Waals surface area contributed by atoms with E-state index in [1.54, 1.807) is 0 Å². The number of hydrogen-bond acceptors (Lipinski definition) is 2. The van der Waals surface area contributed by atoms with Crippen LogP contribution in [0.25, 0.3) is 0 Å². The summed E-state index contributed by atoms with van der Waals surface area (Å²) in [5.41, 5.74) is 2.26. The van der Waals surface area contributed by atoms with Gasteiger partial charge >= 0.3 is 0 Å². The molecule has 1 fully saturated rings. The number of piperidine rings is 1. The van der Waals surface area contributed by atoms with Crippen LogP contribution in [0.4, 0.5) is 0 Å². The van der Waals surface area contributed by atoms with Crippen LogP contribution in [0, 0.1) is 17.2 Å². The van der Waals surface area contributed by atoms with E-state index in [1.807, 2.05) is 0 Å². The summed E-state index contributed by atoms with van der Waals surface area (Å²) in [5, 5.41) is 9.67. The molecule has 0 N–H and O–H groups in total. The van der Waals surface area contributed by atoms with Gasteiger partial charge in [0.1, 0.15) is 5.54 Å². The first-order valence-electron chi connectivity index (χ1n) is 7.81. The van der Waals surface area contributed by atoms with E-state index < -0.39 is 0 Å². The Morgan fingerprint density at radius 2 is 1.75 bits per heavy atom. The van der Waals surface area contributed by atoms with Crippen molar-refractivity contribution >= 4 is 0 Å². The number of nitriles is 1. The molecule has 108 valence electrons. The largest absolute Gasteiger partial charge is 0.285 e. The number of aryl methyl sites for hydroxylation is 1. The first-order valence-corrected chi connectivity index (χ1v) is 7.81. The van der Waals surface area contributed by atoms with Gasteiger partial charge in [0, 0.05) is 6.42 Å². The van der Waals surface area contributed by atoms with Gasteiger partial charge in [0.2, 0.25) is 0 Å². The normalized spacial score (nSPS) is 20.3. The number of benzene rings is 1. The summed E-state index contributed by atoms with van der Waals surface area (Å²) in [4.78, 5) is 2.38. The van der Waals surface area contributed by atoms with Crippen molar-refractivity contribution in [3.8, 4) is 6.07 Å². The Balaban J connectivity index is 2.08. The fourth-order valence-corrected chi connectivity index (χ4v) is 3.01. The molecule has 0 bridgehead atoms. The molecule has 1 unspecified atom stereocenters. The molecule has 2 rings (SSSR count). The molecule has 0 spiro atoms. The molecule has 1 aliphatic rings. The SMILES string of the molecule is CCc1ccc(CC(C)(C#N)N2CCC(C)CC2)cc1. The first kappa shape index (κ1) is 15.1. The summed E-state index contributed by atoms with van der Waals surface area (Å²) in [6, 6.07) is 11.3. The maximum absolute atomic E-state index is 9.67. The Bertz CT molecular complexity index is 463. The van der Waals surface area contributed by atoms with Crippen molar-refractivity contribution in [2.24, 2.45) is 5.92 Å². The van der Waals surface area contributed by atoms with Crippen LogP contribution < -0.4 is 0 Å². The molecule has 1 aromatic rings. The van der Waals surface area contributed by atoms with Gasteiger partial charge in [0.05, 0.1) is 6.07 Å². The second kappa shape index (κ2) is 6.41. The van der Waals surface area contributed by atoms with Crippen LogP contribution in [0.3, 0.4) is 0 Å². The molecule has 0 aliphatic carbocycles. The van der Waals surface area contributed by atoms with Crippen LogP contribution in [0.15, 0.2) is 24.3 Å². The molecule has 1 aliphatic heterocycles. The zero-order valence-corrected chi connectivity index (χ0v) is 13.0. The second-order valence-electron chi connectivity index (χ2n) is 6.40. The highest BCUT2D eigenvalue weighted by Crippen LogP contribution is 2.26. The lowest BCUT2D eigenvalue weighted by Gasteiger charge is -2.40. The highest BCUT2D eigenvalue weighted by molar-refractivity contribution is 5.26. The lowest BCUT2D eigenvalue weighted by atomic mass is 9.88.